The van der Waals surface area contributed by atoms with Crippen LogP contribution in [0.3, 0.4) is 0 Å². The standard InChI is InChI=1S/C12H14ClFO2/c1-8(2)16-7-11(15)6-9-5-10(13)3-4-12(9)14/h3-5,8H,6-7H2,1-2H3. The minimum Gasteiger partial charge on any atom is -0.371 e. The number of carbonyl (C=O) groups excluding carboxylic acids is 1. The summed E-state index contributed by atoms with van der Waals surface area (Å²) in [6, 6.07) is 4.17. The van der Waals surface area contributed by atoms with Crippen molar-refractivity contribution in [1.82, 2.24) is 0 Å². The smallest absolute Gasteiger partial charge is 0.162 e. The van der Waals surface area contributed by atoms with Gasteiger partial charge in [-0.25, -0.2) is 4.39 Å². The van der Waals surface area contributed by atoms with Crippen LogP contribution in [0.15, 0.2) is 18.2 Å². The molecule has 0 radical (unpaired) electrons. The first-order valence-electron chi connectivity index (χ1n) is 5.06. The van der Waals surface area contributed by atoms with E-state index in [2.05, 4.69) is 0 Å². The first-order valence-corrected chi connectivity index (χ1v) is 5.44. The second-order valence-electron chi connectivity index (χ2n) is 3.81. The summed E-state index contributed by atoms with van der Waals surface area (Å²) < 4.78 is 18.4. The van der Waals surface area contributed by atoms with Crippen molar-refractivity contribution in [1.29, 1.82) is 0 Å². The third-order valence-electron chi connectivity index (χ3n) is 1.97. The number of ketones is 1. The van der Waals surface area contributed by atoms with E-state index in [0.29, 0.717) is 10.6 Å². The lowest BCUT2D eigenvalue weighted by Gasteiger charge is -2.07. The molecule has 1 rings (SSSR count). The van der Waals surface area contributed by atoms with Crippen molar-refractivity contribution in [3.8, 4) is 0 Å². The average molecular weight is 245 g/mol. The Morgan fingerprint density at radius 2 is 2.19 bits per heavy atom. The third-order valence-corrected chi connectivity index (χ3v) is 2.21. The Balaban J connectivity index is 2.59. The molecule has 0 aromatic heterocycles. The normalized spacial score (nSPS) is 10.8. The van der Waals surface area contributed by atoms with Gasteiger partial charge >= 0.3 is 0 Å². The Morgan fingerprint density at radius 1 is 1.50 bits per heavy atom. The summed E-state index contributed by atoms with van der Waals surface area (Å²) in [4.78, 5) is 11.4. The molecule has 0 fully saturated rings. The van der Waals surface area contributed by atoms with Gasteiger partial charge < -0.3 is 4.74 Å². The quantitative estimate of drug-likeness (QED) is 0.796. The Bertz CT molecular complexity index is 377. The minimum absolute atomic E-state index is 0.00359. The lowest BCUT2D eigenvalue weighted by atomic mass is 10.1. The van der Waals surface area contributed by atoms with Crippen LogP contribution >= 0.6 is 11.6 Å². The van der Waals surface area contributed by atoms with E-state index in [4.69, 9.17) is 16.3 Å². The molecule has 0 heterocycles. The number of carbonyl (C=O) groups is 1. The van der Waals surface area contributed by atoms with Gasteiger partial charge in [-0.3, -0.25) is 4.79 Å². The van der Waals surface area contributed by atoms with Crippen molar-refractivity contribution in [2.45, 2.75) is 26.4 Å². The fourth-order valence-corrected chi connectivity index (χ4v) is 1.40. The fraction of sp³-hybridized carbons (Fsp3) is 0.417. The second kappa shape index (κ2) is 5.97. The highest BCUT2D eigenvalue weighted by molar-refractivity contribution is 6.30. The lowest BCUT2D eigenvalue weighted by molar-refractivity contribution is -0.124. The number of hydrogen-bond donors (Lipinski definition) is 0. The SMILES string of the molecule is CC(C)OCC(=O)Cc1cc(Cl)ccc1F. The highest BCUT2D eigenvalue weighted by atomic mass is 35.5. The van der Waals surface area contributed by atoms with Gasteiger partial charge in [0, 0.05) is 11.4 Å². The molecule has 0 aliphatic carbocycles. The van der Waals surface area contributed by atoms with Crippen molar-refractivity contribution in [3.63, 3.8) is 0 Å². The zero-order valence-corrected chi connectivity index (χ0v) is 10.1. The van der Waals surface area contributed by atoms with Gasteiger partial charge in [0.2, 0.25) is 0 Å². The highest BCUT2D eigenvalue weighted by Crippen LogP contribution is 2.15. The average Bonchev–Trinajstić information content (AvgIpc) is 2.20. The summed E-state index contributed by atoms with van der Waals surface area (Å²) in [6.45, 7) is 3.68. The van der Waals surface area contributed by atoms with E-state index in [9.17, 15) is 9.18 Å². The van der Waals surface area contributed by atoms with Crippen molar-refractivity contribution in [2.24, 2.45) is 0 Å². The monoisotopic (exact) mass is 244 g/mol. The number of ether oxygens (including phenoxy) is 1. The molecular formula is C12H14ClFO2. The van der Waals surface area contributed by atoms with Crippen molar-refractivity contribution < 1.29 is 13.9 Å². The summed E-state index contributed by atoms with van der Waals surface area (Å²) >= 11 is 5.72. The molecule has 0 unspecified atom stereocenters. The summed E-state index contributed by atoms with van der Waals surface area (Å²) in [5.74, 6) is -0.572. The molecule has 0 spiro atoms. The van der Waals surface area contributed by atoms with Gasteiger partial charge in [-0.15, -0.1) is 0 Å². The number of benzene rings is 1. The van der Waals surface area contributed by atoms with Crippen LogP contribution in [0.4, 0.5) is 4.39 Å². The Labute approximate surface area is 99.4 Å². The van der Waals surface area contributed by atoms with E-state index in [-0.39, 0.29) is 24.9 Å². The summed E-state index contributed by atoms with van der Waals surface area (Å²) in [5, 5.41) is 0.425. The summed E-state index contributed by atoms with van der Waals surface area (Å²) in [5.41, 5.74) is 0.310. The van der Waals surface area contributed by atoms with Gasteiger partial charge in [0.1, 0.15) is 12.4 Å². The molecular weight excluding hydrogens is 231 g/mol. The van der Waals surface area contributed by atoms with Crippen LogP contribution < -0.4 is 0 Å². The maximum atomic E-state index is 13.3. The van der Waals surface area contributed by atoms with E-state index < -0.39 is 5.82 Å². The molecule has 0 bridgehead atoms. The van der Waals surface area contributed by atoms with Crippen LogP contribution in [0, 0.1) is 5.82 Å². The molecule has 1 aromatic carbocycles. The molecule has 2 nitrogen and oxygen atoms in total. The van der Waals surface area contributed by atoms with Crippen LogP contribution in [0.5, 0.6) is 0 Å². The lowest BCUT2D eigenvalue weighted by Crippen LogP contribution is -2.15. The van der Waals surface area contributed by atoms with Gasteiger partial charge in [-0.2, -0.15) is 0 Å². The maximum Gasteiger partial charge on any atom is 0.162 e. The van der Waals surface area contributed by atoms with Crippen LogP contribution in [0.2, 0.25) is 5.02 Å². The van der Waals surface area contributed by atoms with Crippen LogP contribution in [0.1, 0.15) is 19.4 Å². The fourth-order valence-electron chi connectivity index (χ4n) is 1.20. The number of rotatable bonds is 5. The van der Waals surface area contributed by atoms with Crippen LogP contribution in [-0.4, -0.2) is 18.5 Å². The topological polar surface area (TPSA) is 26.3 Å². The van der Waals surface area contributed by atoms with Crippen molar-refractivity contribution >= 4 is 17.4 Å². The predicted molar refractivity (Wildman–Crippen MR) is 61.2 cm³/mol. The van der Waals surface area contributed by atoms with Gasteiger partial charge in [-0.05, 0) is 37.6 Å². The molecule has 4 heteroatoms. The van der Waals surface area contributed by atoms with E-state index >= 15 is 0 Å². The van der Waals surface area contributed by atoms with Crippen LogP contribution in [0.25, 0.3) is 0 Å². The molecule has 0 N–H and O–H groups in total. The zero-order chi connectivity index (χ0) is 12.1. The number of hydrogen-bond acceptors (Lipinski definition) is 2. The largest absolute Gasteiger partial charge is 0.371 e. The van der Waals surface area contributed by atoms with Gasteiger partial charge in [0.15, 0.2) is 5.78 Å². The van der Waals surface area contributed by atoms with Gasteiger partial charge in [0.05, 0.1) is 6.10 Å². The number of halogens is 2. The summed E-state index contributed by atoms with van der Waals surface area (Å²) in [7, 11) is 0. The molecule has 0 saturated heterocycles. The van der Waals surface area contributed by atoms with E-state index in [1.165, 1.54) is 18.2 Å². The van der Waals surface area contributed by atoms with E-state index in [0.717, 1.165) is 0 Å². The van der Waals surface area contributed by atoms with Gasteiger partial charge in [0.25, 0.3) is 0 Å². The Morgan fingerprint density at radius 3 is 2.81 bits per heavy atom. The maximum absolute atomic E-state index is 13.3. The summed E-state index contributed by atoms with van der Waals surface area (Å²) in [6.07, 6.45) is 0.00667. The molecule has 16 heavy (non-hydrogen) atoms. The molecule has 0 saturated carbocycles. The predicted octanol–water partition coefficient (Wildman–Crippen LogP) is 3.02. The zero-order valence-electron chi connectivity index (χ0n) is 9.30. The molecule has 0 aliphatic rings. The number of Topliss-reactive ketones (excluding diaryl/α,β-unsaturated/α-hetero) is 1. The van der Waals surface area contributed by atoms with Crippen molar-refractivity contribution in [3.05, 3.63) is 34.6 Å². The molecule has 1 aromatic rings. The molecule has 0 aliphatic heterocycles. The Kier molecular flexibility index (Phi) is 4.90. The van der Waals surface area contributed by atoms with E-state index in [1.54, 1.807) is 0 Å². The van der Waals surface area contributed by atoms with E-state index in [1.807, 2.05) is 13.8 Å². The highest BCUT2D eigenvalue weighted by Gasteiger charge is 2.09. The first-order chi connectivity index (χ1) is 7.49. The molecule has 88 valence electrons. The third kappa shape index (κ3) is 4.29. The second-order valence-corrected chi connectivity index (χ2v) is 4.25. The molecule has 0 amide bonds. The van der Waals surface area contributed by atoms with Crippen LogP contribution in [-0.2, 0) is 16.0 Å². The minimum atomic E-state index is -0.415. The van der Waals surface area contributed by atoms with Crippen molar-refractivity contribution in [2.75, 3.05) is 6.61 Å². The Hall–Kier alpha value is -0.930. The van der Waals surface area contributed by atoms with Gasteiger partial charge in [-0.1, -0.05) is 11.6 Å². The molecule has 0 atom stereocenters. The first kappa shape index (κ1) is 13.1.